The van der Waals surface area contributed by atoms with E-state index in [1.165, 1.54) is 6.07 Å². The van der Waals surface area contributed by atoms with Crippen LogP contribution in [0.25, 0.3) is 10.8 Å². The number of urea groups is 1. The van der Waals surface area contributed by atoms with Gasteiger partial charge in [0.1, 0.15) is 0 Å². The topological polar surface area (TPSA) is 64.7 Å². The molecule has 1 aliphatic rings. The summed E-state index contributed by atoms with van der Waals surface area (Å²) in [4.78, 5) is 29.3. The molecule has 3 amide bonds. The van der Waals surface area contributed by atoms with Crippen molar-refractivity contribution in [2.75, 3.05) is 41.7 Å². The van der Waals surface area contributed by atoms with Crippen LogP contribution in [0, 0.1) is 11.6 Å². The number of benzene rings is 4. The largest absolute Gasteiger partial charge is 0.368 e. The number of nitrogens with zero attached hydrogens (tertiary/aromatic N) is 2. The van der Waals surface area contributed by atoms with E-state index in [-0.39, 0.29) is 11.6 Å². The monoisotopic (exact) mass is 486 g/mol. The summed E-state index contributed by atoms with van der Waals surface area (Å²) >= 11 is 0. The number of nitrogens with one attached hydrogen (secondary N) is 2. The molecule has 0 bridgehead atoms. The molecule has 182 valence electrons. The number of piperazine rings is 1. The number of hydrogen-bond acceptors (Lipinski definition) is 3. The Kier molecular flexibility index (Phi) is 6.49. The van der Waals surface area contributed by atoms with Crippen molar-refractivity contribution in [3.8, 4) is 0 Å². The van der Waals surface area contributed by atoms with Crippen LogP contribution in [-0.4, -0.2) is 43.0 Å². The van der Waals surface area contributed by atoms with Crippen LogP contribution in [0.4, 0.5) is 30.6 Å². The maximum absolute atomic E-state index is 13.3. The first-order valence-corrected chi connectivity index (χ1v) is 11.6. The Morgan fingerprint density at radius 1 is 0.667 bits per heavy atom. The second-order valence-electron chi connectivity index (χ2n) is 8.60. The summed E-state index contributed by atoms with van der Waals surface area (Å²) in [5.74, 6) is -1.97. The van der Waals surface area contributed by atoms with Gasteiger partial charge in [-0.05, 0) is 59.3 Å². The number of carbonyl (C=O) groups is 2. The van der Waals surface area contributed by atoms with Crippen LogP contribution in [-0.2, 0) is 0 Å². The van der Waals surface area contributed by atoms with E-state index in [1.54, 1.807) is 12.1 Å². The van der Waals surface area contributed by atoms with Gasteiger partial charge in [-0.15, -0.1) is 0 Å². The number of fused-ring (bicyclic) bond motifs is 1. The third-order valence-electron chi connectivity index (χ3n) is 6.23. The molecule has 1 aliphatic heterocycles. The molecule has 4 aromatic rings. The highest BCUT2D eigenvalue weighted by Gasteiger charge is 2.22. The predicted molar refractivity (Wildman–Crippen MR) is 138 cm³/mol. The quantitative estimate of drug-likeness (QED) is 0.388. The average molecular weight is 487 g/mol. The minimum absolute atomic E-state index is 0.0343. The molecular weight excluding hydrogens is 462 g/mol. The molecule has 0 spiro atoms. The molecule has 4 aromatic carbocycles. The van der Waals surface area contributed by atoms with E-state index in [0.717, 1.165) is 28.6 Å². The number of halogens is 2. The molecule has 1 fully saturated rings. The van der Waals surface area contributed by atoms with Gasteiger partial charge in [0.2, 0.25) is 0 Å². The van der Waals surface area contributed by atoms with Crippen LogP contribution in [0.15, 0.2) is 84.9 Å². The van der Waals surface area contributed by atoms with Crippen molar-refractivity contribution in [2.45, 2.75) is 0 Å². The van der Waals surface area contributed by atoms with Crippen LogP contribution in [0.1, 0.15) is 10.4 Å². The molecule has 0 saturated carbocycles. The fourth-order valence-electron chi connectivity index (χ4n) is 4.30. The van der Waals surface area contributed by atoms with Gasteiger partial charge in [0.25, 0.3) is 5.91 Å². The molecule has 5 rings (SSSR count). The SMILES string of the molecule is O=C(Nc1ccc(N2CCN(C(=O)c3ccc4ccccc4c3)CC2)cc1)Nc1ccc(F)c(F)c1. The van der Waals surface area contributed by atoms with E-state index in [4.69, 9.17) is 0 Å². The van der Waals surface area contributed by atoms with Crippen LogP contribution in [0.2, 0.25) is 0 Å². The first kappa shape index (κ1) is 23.3. The second kappa shape index (κ2) is 10.0. The molecule has 36 heavy (non-hydrogen) atoms. The van der Waals surface area contributed by atoms with Gasteiger partial charge in [-0.2, -0.15) is 0 Å². The predicted octanol–water partition coefficient (Wildman–Crippen LogP) is 5.72. The minimum atomic E-state index is -1.03. The Hall–Kier alpha value is -4.46. The summed E-state index contributed by atoms with van der Waals surface area (Å²) in [7, 11) is 0. The summed E-state index contributed by atoms with van der Waals surface area (Å²) in [5.41, 5.74) is 2.39. The van der Waals surface area contributed by atoms with E-state index >= 15 is 0 Å². The van der Waals surface area contributed by atoms with E-state index in [1.807, 2.05) is 59.5 Å². The first-order valence-electron chi connectivity index (χ1n) is 11.6. The summed E-state index contributed by atoms with van der Waals surface area (Å²) in [6.45, 7) is 2.62. The first-order chi connectivity index (χ1) is 17.5. The summed E-state index contributed by atoms with van der Waals surface area (Å²) < 4.78 is 26.4. The lowest BCUT2D eigenvalue weighted by atomic mass is 10.1. The summed E-state index contributed by atoms with van der Waals surface area (Å²) in [5, 5.41) is 7.30. The fourth-order valence-corrected chi connectivity index (χ4v) is 4.30. The highest BCUT2D eigenvalue weighted by molar-refractivity contribution is 6.00. The molecule has 0 aromatic heterocycles. The normalized spacial score (nSPS) is 13.5. The molecule has 8 heteroatoms. The van der Waals surface area contributed by atoms with Crippen molar-refractivity contribution >= 4 is 39.8 Å². The third-order valence-corrected chi connectivity index (χ3v) is 6.23. The van der Waals surface area contributed by atoms with Crippen LogP contribution in [0.5, 0.6) is 0 Å². The fraction of sp³-hybridized carbons (Fsp3) is 0.143. The maximum Gasteiger partial charge on any atom is 0.323 e. The molecule has 0 radical (unpaired) electrons. The van der Waals surface area contributed by atoms with Crippen LogP contribution in [0.3, 0.4) is 0 Å². The number of rotatable bonds is 4. The smallest absolute Gasteiger partial charge is 0.323 e. The van der Waals surface area contributed by atoms with Crippen molar-refractivity contribution in [2.24, 2.45) is 0 Å². The Morgan fingerprint density at radius 3 is 2.06 bits per heavy atom. The molecule has 0 unspecified atom stereocenters. The van der Waals surface area contributed by atoms with E-state index in [2.05, 4.69) is 15.5 Å². The van der Waals surface area contributed by atoms with E-state index < -0.39 is 17.7 Å². The number of anilines is 3. The van der Waals surface area contributed by atoms with Crippen molar-refractivity contribution in [1.82, 2.24) is 4.90 Å². The molecule has 0 atom stereocenters. The second-order valence-corrected chi connectivity index (χ2v) is 8.60. The lowest BCUT2D eigenvalue weighted by Gasteiger charge is -2.36. The van der Waals surface area contributed by atoms with Crippen molar-refractivity contribution in [3.63, 3.8) is 0 Å². The van der Waals surface area contributed by atoms with Gasteiger partial charge in [0.15, 0.2) is 11.6 Å². The summed E-state index contributed by atoms with van der Waals surface area (Å²) in [6, 6.07) is 23.7. The van der Waals surface area contributed by atoms with Gasteiger partial charge in [-0.25, -0.2) is 13.6 Å². The van der Waals surface area contributed by atoms with E-state index in [9.17, 15) is 18.4 Å². The van der Waals surface area contributed by atoms with Crippen LogP contribution < -0.4 is 15.5 Å². The zero-order valence-corrected chi connectivity index (χ0v) is 19.4. The highest BCUT2D eigenvalue weighted by Crippen LogP contribution is 2.22. The van der Waals surface area contributed by atoms with Crippen molar-refractivity contribution in [3.05, 3.63) is 102 Å². The lowest BCUT2D eigenvalue weighted by Crippen LogP contribution is -2.48. The Labute approximate surface area is 207 Å². The Bertz CT molecular complexity index is 1420. The highest BCUT2D eigenvalue weighted by atomic mass is 19.2. The number of amides is 3. The average Bonchev–Trinajstić information content (AvgIpc) is 2.90. The standard InChI is InChI=1S/C28H24F2N4O2/c29-25-12-9-23(18-26(25)30)32-28(36)31-22-7-10-24(11-8-22)33-13-15-34(16-14-33)27(35)21-6-5-19-3-1-2-4-20(19)17-21/h1-12,17-18H,13-16H2,(H2,31,32,36). The Morgan fingerprint density at radius 2 is 1.33 bits per heavy atom. The maximum atomic E-state index is 13.3. The minimum Gasteiger partial charge on any atom is -0.368 e. The number of carbonyl (C=O) groups excluding carboxylic acids is 2. The lowest BCUT2D eigenvalue weighted by molar-refractivity contribution is 0.0747. The van der Waals surface area contributed by atoms with Gasteiger partial charge in [0, 0.05) is 54.9 Å². The molecule has 6 nitrogen and oxygen atoms in total. The zero-order chi connectivity index (χ0) is 25.1. The van der Waals surface area contributed by atoms with Gasteiger partial charge >= 0.3 is 6.03 Å². The molecule has 1 heterocycles. The molecular formula is C28H24F2N4O2. The molecule has 0 aliphatic carbocycles. The third kappa shape index (κ3) is 5.12. The molecule has 1 saturated heterocycles. The zero-order valence-electron chi connectivity index (χ0n) is 19.4. The van der Waals surface area contributed by atoms with E-state index in [0.29, 0.717) is 37.4 Å². The summed E-state index contributed by atoms with van der Waals surface area (Å²) in [6.07, 6.45) is 0. The Balaban J connectivity index is 1.15. The van der Waals surface area contributed by atoms with Crippen molar-refractivity contribution < 1.29 is 18.4 Å². The van der Waals surface area contributed by atoms with Gasteiger partial charge < -0.3 is 20.4 Å². The van der Waals surface area contributed by atoms with Crippen LogP contribution >= 0.6 is 0 Å². The number of hydrogen-bond donors (Lipinski definition) is 2. The van der Waals surface area contributed by atoms with Gasteiger partial charge in [0.05, 0.1) is 0 Å². The molecule has 2 N–H and O–H groups in total. The van der Waals surface area contributed by atoms with Gasteiger partial charge in [-0.1, -0.05) is 30.3 Å². The van der Waals surface area contributed by atoms with Gasteiger partial charge in [-0.3, -0.25) is 4.79 Å². The van der Waals surface area contributed by atoms with Crippen molar-refractivity contribution in [1.29, 1.82) is 0 Å².